The van der Waals surface area contributed by atoms with Crippen LogP contribution in [0.1, 0.15) is 6.92 Å². The fourth-order valence-corrected chi connectivity index (χ4v) is 1.73. The minimum Gasteiger partial charge on any atom is -0.441 e. The van der Waals surface area contributed by atoms with E-state index in [0.717, 1.165) is 0 Å². The van der Waals surface area contributed by atoms with E-state index in [1.54, 1.807) is 0 Å². The van der Waals surface area contributed by atoms with Crippen LogP contribution in [-0.4, -0.2) is 5.75 Å². The highest BCUT2D eigenvalue weighted by molar-refractivity contribution is 8.97. The smallest absolute Gasteiger partial charge is 0.0162 e. The second-order valence-corrected chi connectivity index (χ2v) is 12.6. The quantitative estimate of drug-likeness (QED) is 0.480. The third-order valence-corrected chi connectivity index (χ3v) is 10.9. The van der Waals surface area contributed by atoms with Gasteiger partial charge in [0.15, 0.2) is 0 Å². The van der Waals surface area contributed by atoms with Gasteiger partial charge in [0, 0.05) is 0 Å². The normalized spacial score (nSPS) is 12.2. The van der Waals surface area contributed by atoms with Gasteiger partial charge in [0.1, 0.15) is 0 Å². The maximum absolute atomic E-state index is 10.5. The van der Waals surface area contributed by atoms with E-state index in [1.807, 2.05) is 6.92 Å². The summed E-state index contributed by atoms with van der Waals surface area (Å²) in [7, 11) is -1.38. The van der Waals surface area contributed by atoms with E-state index in [1.165, 1.54) is 0 Å². The molecular weight excluding hydrogens is 200 g/mol. The first-order valence-electron chi connectivity index (χ1n) is 1.83. The van der Waals surface area contributed by atoms with Crippen molar-refractivity contribution in [3.8, 4) is 0 Å². The molecule has 0 saturated heterocycles. The van der Waals surface area contributed by atoms with Crippen LogP contribution in [0.25, 0.3) is 0 Å². The van der Waals surface area contributed by atoms with Crippen molar-refractivity contribution in [3.05, 3.63) is 0 Å². The summed E-state index contributed by atoms with van der Waals surface area (Å²) < 4.78 is 10.5. The first-order valence-corrected chi connectivity index (χ1v) is 8.07. The van der Waals surface area contributed by atoms with E-state index < -0.39 is 14.6 Å². The summed E-state index contributed by atoms with van der Waals surface area (Å²) in [4.78, 5) is 0. The van der Waals surface area contributed by atoms with E-state index in [0.29, 0.717) is 5.75 Å². The molecule has 0 radical (unpaired) electrons. The van der Waals surface area contributed by atoms with Gasteiger partial charge in [0.2, 0.25) is 0 Å². The van der Waals surface area contributed by atoms with Gasteiger partial charge < -0.3 is 4.21 Å². The third-order valence-electron chi connectivity index (χ3n) is 0.561. The van der Waals surface area contributed by atoms with Crippen LogP contribution < -0.4 is 0 Å². The Morgan fingerprint density at radius 3 is 2.00 bits per heavy atom. The lowest BCUT2D eigenvalue weighted by atomic mass is 11.0. The molecule has 0 amide bonds. The molecule has 0 heterocycles. The highest BCUT2D eigenvalue weighted by Crippen LogP contribution is 1.90. The van der Waals surface area contributed by atoms with E-state index in [4.69, 9.17) is 22.4 Å². The molecule has 0 aliphatic carbocycles. The van der Waals surface area contributed by atoms with Crippen molar-refractivity contribution in [2.45, 2.75) is 6.92 Å². The summed E-state index contributed by atoms with van der Waals surface area (Å²) in [5.41, 5.74) is 0. The van der Waals surface area contributed by atoms with Gasteiger partial charge in [-0.05, 0) is 5.75 Å². The molecule has 0 aromatic carbocycles. The van der Waals surface area contributed by atoms with E-state index >= 15 is 0 Å². The van der Waals surface area contributed by atoms with Crippen molar-refractivity contribution in [2.24, 2.45) is 0 Å². The fraction of sp³-hybridized carbons (Fsp3) is 1.00. The molecule has 0 aromatic heterocycles. The largest absolute Gasteiger partial charge is 0.441 e. The lowest BCUT2D eigenvalue weighted by molar-refractivity contribution is 0.610. The number of rotatable bonds is 2. The van der Waals surface area contributed by atoms with Crippen LogP contribution in [0.15, 0.2) is 0 Å². The van der Waals surface area contributed by atoms with Gasteiger partial charge in [0.05, 0.1) is 0 Å². The van der Waals surface area contributed by atoms with Crippen molar-refractivity contribution >= 4 is 48.1 Å². The van der Waals surface area contributed by atoms with Crippen molar-refractivity contribution in [1.29, 1.82) is 0 Å². The maximum atomic E-state index is 10.5. The minimum atomic E-state index is -1.78. The molecule has 0 N–H and O–H groups in total. The second-order valence-electron chi connectivity index (χ2n) is 1.05. The summed E-state index contributed by atoms with van der Waals surface area (Å²) in [6.07, 6.45) is -1.78. The number of hydrogen-bond donors (Lipinski definition) is 0. The average Bonchev–Trinajstić information content (AvgIpc) is 1.67. The highest BCUT2D eigenvalue weighted by Gasteiger charge is 1.83. The predicted molar refractivity (Wildman–Crippen MR) is 48.1 cm³/mol. The van der Waals surface area contributed by atoms with Gasteiger partial charge in [-0.2, -0.15) is 0 Å². The molecule has 8 heavy (non-hydrogen) atoms. The molecule has 1 nitrogen and oxygen atoms in total. The van der Waals surface area contributed by atoms with Crippen LogP contribution in [0.2, 0.25) is 0 Å². The van der Waals surface area contributed by atoms with Gasteiger partial charge in [-0.25, -0.2) is 11.2 Å². The second kappa shape index (κ2) is 3.36. The molecule has 0 atom stereocenters. The Balaban J connectivity index is 4.69. The summed E-state index contributed by atoms with van der Waals surface area (Å²) in [6.45, 7) is 1.82. The molecule has 0 unspecified atom stereocenters. The Hall–Kier alpha value is 1.16. The summed E-state index contributed by atoms with van der Waals surface area (Å²) in [5, 5.41) is 0. The van der Waals surface area contributed by atoms with Gasteiger partial charge in [-0.15, -0.1) is 14.6 Å². The van der Waals surface area contributed by atoms with Crippen LogP contribution in [0.5, 0.6) is 0 Å². The Bertz CT molecular complexity index is 211. The van der Waals surface area contributed by atoms with E-state index in [2.05, 4.69) is 11.2 Å². The molecule has 0 aliphatic rings. The van der Waals surface area contributed by atoms with Crippen LogP contribution in [-0.2, 0) is 52.3 Å². The Morgan fingerprint density at radius 2 is 2.00 bits per heavy atom. The van der Waals surface area contributed by atoms with Crippen molar-refractivity contribution in [1.82, 2.24) is 0 Å². The Labute approximate surface area is 64.8 Å². The lowest BCUT2D eigenvalue weighted by Gasteiger charge is -2.05. The summed E-state index contributed by atoms with van der Waals surface area (Å²) >= 11 is 13.9. The molecular formula is C2H5OS5-. The molecule has 50 valence electrons. The zero-order chi connectivity index (χ0) is 6.78. The lowest BCUT2D eigenvalue weighted by Crippen LogP contribution is -1.97. The summed E-state index contributed by atoms with van der Waals surface area (Å²) in [5.74, 6) is 0.591. The molecule has 0 rings (SSSR count). The van der Waals surface area contributed by atoms with E-state index in [-0.39, 0.29) is 0 Å². The van der Waals surface area contributed by atoms with Crippen molar-refractivity contribution in [2.75, 3.05) is 5.75 Å². The van der Waals surface area contributed by atoms with Crippen LogP contribution in [0.4, 0.5) is 0 Å². The third kappa shape index (κ3) is 2.63. The zero-order valence-electron chi connectivity index (χ0n) is 4.16. The molecule has 0 aliphatic heterocycles. The van der Waals surface area contributed by atoms with Crippen LogP contribution in [0, 0.1) is 0 Å². The average molecular weight is 205 g/mol. The fourth-order valence-electron chi connectivity index (χ4n) is 0.0962. The predicted octanol–water partition coefficient (Wildman–Crippen LogP) is 0.425. The standard InChI is InChI=1S/C2H5OS5/c1-2-8(5,6)7(3)4/h2H2,1H3/q-1. The number of hydrogen-bond acceptors (Lipinski definition) is 5. The molecule has 6 heteroatoms. The summed E-state index contributed by atoms with van der Waals surface area (Å²) in [6, 6.07) is 0. The monoisotopic (exact) mass is 205 g/mol. The molecule has 0 bridgehead atoms. The zero-order valence-corrected chi connectivity index (χ0v) is 8.24. The van der Waals surface area contributed by atoms with Gasteiger partial charge in [-0.1, -0.05) is 29.3 Å². The first kappa shape index (κ1) is 9.16. The topological polar surface area (TPSA) is 17.1 Å². The van der Waals surface area contributed by atoms with E-state index in [9.17, 15) is 4.21 Å². The van der Waals surface area contributed by atoms with Crippen LogP contribution >= 0.6 is 0 Å². The first-order chi connectivity index (χ1) is 3.50. The molecule has 0 spiro atoms. The van der Waals surface area contributed by atoms with Crippen LogP contribution in [0.3, 0.4) is 0 Å². The SMILES string of the molecule is CCS(=S)(=S)[S-](=O)=S. The van der Waals surface area contributed by atoms with Gasteiger partial charge in [-0.3, -0.25) is 0 Å². The Kier molecular flexibility index (Phi) is 3.85. The van der Waals surface area contributed by atoms with Gasteiger partial charge in [0.25, 0.3) is 0 Å². The Morgan fingerprint density at radius 1 is 1.62 bits per heavy atom. The highest BCUT2D eigenvalue weighted by atomic mass is 33.6. The minimum absolute atomic E-state index is 0.591. The van der Waals surface area contributed by atoms with Crippen molar-refractivity contribution < 1.29 is 4.21 Å². The molecule has 0 saturated carbocycles. The van der Waals surface area contributed by atoms with Crippen molar-refractivity contribution in [3.63, 3.8) is 0 Å². The maximum Gasteiger partial charge on any atom is -0.0162 e. The molecule has 0 aromatic rings. The van der Waals surface area contributed by atoms with Gasteiger partial charge >= 0.3 is 0 Å². The molecule has 0 fully saturated rings.